The minimum atomic E-state index is -0.125. The van der Waals surface area contributed by atoms with Gasteiger partial charge in [-0.1, -0.05) is 6.07 Å². The van der Waals surface area contributed by atoms with E-state index in [9.17, 15) is 0 Å². The number of rotatable bonds is 3. The van der Waals surface area contributed by atoms with Crippen molar-refractivity contribution in [1.82, 2.24) is 10.3 Å². The molecule has 18 heavy (non-hydrogen) atoms. The van der Waals surface area contributed by atoms with E-state index in [2.05, 4.69) is 51.0 Å². The fourth-order valence-electron chi connectivity index (χ4n) is 2.85. The predicted molar refractivity (Wildman–Crippen MR) is 73.4 cm³/mol. The molecule has 0 aliphatic carbocycles. The highest BCUT2D eigenvalue weighted by Gasteiger charge is 2.46. The van der Waals surface area contributed by atoms with Gasteiger partial charge in [-0.05, 0) is 52.7 Å². The van der Waals surface area contributed by atoms with Gasteiger partial charge < -0.3 is 10.1 Å². The van der Waals surface area contributed by atoms with Crippen LogP contribution in [-0.2, 0) is 4.74 Å². The third kappa shape index (κ3) is 2.90. The first kappa shape index (κ1) is 13.5. The molecule has 0 bridgehead atoms. The summed E-state index contributed by atoms with van der Waals surface area (Å²) in [4.78, 5) is 4.17. The molecule has 1 aliphatic rings. The summed E-state index contributed by atoms with van der Waals surface area (Å²) in [7, 11) is 0. The molecule has 1 saturated heterocycles. The molecular weight excluding hydrogens is 224 g/mol. The Balaban J connectivity index is 2.06. The second-order valence-electron chi connectivity index (χ2n) is 6.40. The van der Waals surface area contributed by atoms with Crippen LogP contribution in [-0.4, -0.2) is 22.2 Å². The lowest BCUT2D eigenvalue weighted by atomic mass is 9.93. The van der Waals surface area contributed by atoms with Crippen molar-refractivity contribution in [3.8, 4) is 0 Å². The molecule has 1 fully saturated rings. The molecule has 1 aromatic heterocycles. The number of ether oxygens (including phenoxy) is 1. The third-order valence-electron chi connectivity index (χ3n) is 3.71. The van der Waals surface area contributed by atoms with Gasteiger partial charge in [0.1, 0.15) is 0 Å². The maximum Gasteiger partial charge on any atom is 0.0787 e. The van der Waals surface area contributed by atoms with Crippen molar-refractivity contribution in [3.63, 3.8) is 0 Å². The molecule has 3 heteroatoms. The summed E-state index contributed by atoms with van der Waals surface area (Å²) < 4.78 is 6.11. The Bertz CT molecular complexity index is 400. The standard InChI is InChI=1S/C15H24N2O/c1-11(12-7-6-8-16-10-12)17-13-9-14(2,3)18-15(13,4)5/h6-8,10-11,13,17H,9H2,1-5H3. The van der Waals surface area contributed by atoms with Crippen molar-refractivity contribution in [1.29, 1.82) is 0 Å². The number of hydrogen-bond donors (Lipinski definition) is 1. The van der Waals surface area contributed by atoms with Crippen LogP contribution < -0.4 is 5.32 Å². The molecule has 0 radical (unpaired) electrons. The van der Waals surface area contributed by atoms with E-state index < -0.39 is 0 Å². The molecule has 2 unspecified atom stereocenters. The monoisotopic (exact) mass is 248 g/mol. The largest absolute Gasteiger partial charge is 0.368 e. The number of pyridine rings is 1. The van der Waals surface area contributed by atoms with Crippen LogP contribution in [0.3, 0.4) is 0 Å². The average molecular weight is 248 g/mol. The molecule has 0 amide bonds. The van der Waals surface area contributed by atoms with Crippen LogP contribution in [0, 0.1) is 0 Å². The smallest absolute Gasteiger partial charge is 0.0787 e. The van der Waals surface area contributed by atoms with E-state index in [1.54, 1.807) is 0 Å². The van der Waals surface area contributed by atoms with Crippen LogP contribution in [0.1, 0.15) is 52.6 Å². The van der Waals surface area contributed by atoms with Crippen molar-refractivity contribution in [2.24, 2.45) is 0 Å². The van der Waals surface area contributed by atoms with Crippen LogP contribution in [0.15, 0.2) is 24.5 Å². The summed E-state index contributed by atoms with van der Waals surface area (Å²) in [5.74, 6) is 0. The van der Waals surface area contributed by atoms with Crippen LogP contribution in [0.4, 0.5) is 0 Å². The average Bonchev–Trinajstić information content (AvgIpc) is 2.48. The van der Waals surface area contributed by atoms with Crippen molar-refractivity contribution in [2.45, 2.75) is 64.3 Å². The van der Waals surface area contributed by atoms with Gasteiger partial charge in [-0.15, -0.1) is 0 Å². The van der Waals surface area contributed by atoms with Gasteiger partial charge in [0.25, 0.3) is 0 Å². The number of nitrogens with zero attached hydrogens (tertiary/aromatic N) is 1. The van der Waals surface area contributed by atoms with Gasteiger partial charge in [0.15, 0.2) is 0 Å². The summed E-state index contributed by atoms with van der Waals surface area (Å²) in [5, 5.41) is 3.68. The summed E-state index contributed by atoms with van der Waals surface area (Å²) in [6.45, 7) is 10.8. The van der Waals surface area contributed by atoms with Gasteiger partial charge in [0.05, 0.1) is 11.2 Å². The molecule has 0 saturated carbocycles. The third-order valence-corrected chi connectivity index (χ3v) is 3.71. The van der Waals surface area contributed by atoms with Crippen LogP contribution in [0.2, 0.25) is 0 Å². The minimum Gasteiger partial charge on any atom is -0.368 e. The molecule has 100 valence electrons. The van der Waals surface area contributed by atoms with Crippen LogP contribution in [0.5, 0.6) is 0 Å². The molecule has 0 spiro atoms. The molecule has 1 N–H and O–H groups in total. The fourth-order valence-corrected chi connectivity index (χ4v) is 2.85. The maximum absolute atomic E-state index is 6.11. The summed E-state index contributed by atoms with van der Waals surface area (Å²) in [5.41, 5.74) is 1.05. The first-order chi connectivity index (χ1) is 8.30. The second kappa shape index (κ2) is 4.63. The highest BCUT2D eigenvalue weighted by molar-refractivity contribution is 5.14. The highest BCUT2D eigenvalue weighted by atomic mass is 16.5. The van der Waals surface area contributed by atoms with Gasteiger partial charge in [0, 0.05) is 24.5 Å². The van der Waals surface area contributed by atoms with E-state index in [0.717, 1.165) is 6.42 Å². The molecule has 2 rings (SSSR count). The second-order valence-corrected chi connectivity index (χ2v) is 6.40. The van der Waals surface area contributed by atoms with E-state index in [1.165, 1.54) is 5.56 Å². The molecule has 1 aliphatic heterocycles. The first-order valence-electron chi connectivity index (χ1n) is 6.66. The van der Waals surface area contributed by atoms with E-state index in [0.29, 0.717) is 12.1 Å². The SMILES string of the molecule is CC(NC1CC(C)(C)OC1(C)C)c1cccnc1. The molecule has 2 atom stereocenters. The van der Waals surface area contributed by atoms with Gasteiger partial charge in [0.2, 0.25) is 0 Å². The Kier molecular flexibility index (Phi) is 3.47. The predicted octanol–water partition coefficient (Wildman–Crippen LogP) is 3.08. The zero-order valence-electron chi connectivity index (χ0n) is 12.0. The Labute approximate surface area is 110 Å². The van der Waals surface area contributed by atoms with E-state index in [1.807, 2.05) is 18.5 Å². The molecule has 0 aromatic carbocycles. The van der Waals surface area contributed by atoms with E-state index >= 15 is 0 Å². The summed E-state index contributed by atoms with van der Waals surface area (Å²) >= 11 is 0. The number of aromatic nitrogens is 1. The topological polar surface area (TPSA) is 34.1 Å². The Hall–Kier alpha value is -0.930. The molecule has 2 heterocycles. The number of hydrogen-bond acceptors (Lipinski definition) is 3. The summed E-state index contributed by atoms with van der Waals surface area (Å²) in [6.07, 6.45) is 4.76. The van der Waals surface area contributed by atoms with Gasteiger partial charge >= 0.3 is 0 Å². The lowest BCUT2D eigenvalue weighted by Gasteiger charge is -2.30. The lowest BCUT2D eigenvalue weighted by Crippen LogP contribution is -2.44. The normalized spacial score (nSPS) is 27.1. The number of nitrogens with one attached hydrogen (secondary N) is 1. The van der Waals surface area contributed by atoms with Gasteiger partial charge in [-0.25, -0.2) is 0 Å². The molecule has 3 nitrogen and oxygen atoms in total. The van der Waals surface area contributed by atoms with Crippen molar-refractivity contribution in [2.75, 3.05) is 0 Å². The van der Waals surface area contributed by atoms with Crippen molar-refractivity contribution < 1.29 is 4.74 Å². The maximum atomic E-state index is 6.11. The zero-order valence-corrected chi connectivity index (χ0v) is 12.0. The molecule has 1 aromatic rings. The Morgan fingerprint density at radius 1 is 1.39 bits per heavy atom. The van der Waals surface area contributed by atoms with Crippen LogP contribution >= 0.6 is 0 Å². The minimum absolute atomic E-state index is 0.0458. The van der Waals surface area contributed by atoms with E-state index in [4.69, 9.17) is 4.74 Å². The molecular formula is C15H24N2O. The van der Waals surface area contributed by atoms with Crippen LogP contribution in [0.25, 0.3) is 0 Å². The zero-order chi connectivity index (χ0) is 13.4. The highest BCUT2D eigenvalue weighted by Crippen LogP contribution is 2.38. The van der Waals surface area contributed by atoms with Gasteiger partial charge in [-0.3, -0.25) is 4.98 Å². The Morgan fingerprint density at radius 2 is 2.11 bits per heavy atom. The lowest BCUT2D eigenvalue weighted by molar-refractivity contribution is -0.0703. The van der Waals surface area contributed by atoms with Crippen molar-refractivity contribution >= 4 is 0 Å². The van der Waals surface area contributed by atoms with Crippen molar-refractivity contribution in [3.05, 3.63) is 30.1 Å². The Morgan fingerprint density at radius 3 is 2.61 bits per heavy atom. The van der Waals surface area contributed by atoms with E-state index in [-0.39, 0.29) is 11.2 Å². The summed E-state index contributed by atoms with van der Waals surface area (Å²) in [6, 6.07) is 4.75. The first-order valence-corrected chi connectivity index (χ1v) is 6.66. The van der Waals surface area contributed by atoms with Gasteiger partial charge in [-0.2, -0.15) is 0 Å². The quantitative estimate of drug-likeness (QED) is 0.892. The fraction of sp³-hybridized carbons (Fsp3) is 0.667.